The number of nitrogens with two attached hydrogens (primary N) is 1. The third kappa shape index (κ3) is 51.6. The molecule has 12 aliphatic rings. The van der Waals surface area contributed by atoms with Gasteiger partial charge >= 0.3 is 0 Å². The molecule has 6 atom stereocenters. The van der Waals surface area contributed by atoms with E-state index < -0.39 is 92.9 Å². The lowest BCUT2D eigenvalue weighted by Crippen LogP contribution is -2.64. The number of benzene rings is 1. The summed E-state index contributed by atoms with van der Waals surface area (Å²) >= 11 is 0. The van der Waals surface area contributed by atoms with Crippen LogP contribution in [-0.2, 0) is 96.9 Å². The number of hydrogen-bond acceptors (Lipinski definition) is 27. The van der Waals surface area contributed by atoms with Crippen LogP contribution in [0.1, 0.15) is 241 Å². The zero-order valence-electron chi connectivity index (χ0n) is 79.6. The Kier molecular flexibility index (Phi) is 51.2. The normalized spacial score (nSPS) is 26.6. The highest BCUT2D eigenvalue weighted by Crippen LogP contribution is 2.67. The summed E-state index contributed by atoms with van der Waals surface area (Å²) in [5.41, 5.74) is 9.54. The zero-order chi connectivity index (χ0) is 98.6. The summed E-state index contributed by atoms with van der Waals surface area (Å²) in [6.07, 6.45) is 32.2. The Hall–Kier alpha value is -3.05. The van der Waals surface area contributed by atoms with Crippen molar-refractivity contribution in [3.05, 3.63) is 30.0 Å². The molecule has 0 spiro atoms. The van der Waals surface area contributed by atoms with Gasteiger partial charge in [-0.1, -0.05) is 54.9 Å². The van der Waals surface area contributed by atoms with Gasteiger partial charge in [-0.05, 0) is 358 Å². The fraction of sp³-hybridized carbons (Fsp3) is 0.895. The lowest BCUT2D eigenvalue weighted by atomic mass is 9.43. The van der Waals surface area contributed by atoms with E-state index in [1.165, 1.54) is 121 Å². The summed E-state index contributed by atoms with van der Waals surface area (Å²) in [5.74, 6) is 6.20. The van der Waals surface area contributed by atoms with Crippen LogP contribution in [0.4, 0.5) is 0 Å². The van der Waals surface area contributed by atoms with Crippen molar-refractivity contribution in [1.29, 1.82) is 0 Å². The summed E-state index contributed by atoms with van der Waals surface area (Å²) in [4.78, 5) is 14.1. The third-order valence-corrected chi connectivity index (χ3v) is 33.3. The SMILES string of the molecule is CC(C)[C@H](NCCCS(=O)(=O)O)C(N)=O.CC(NCCCS(=O)(=O)O)C12CC3CC(CC(C3)C1)C2.CC12CC3CC(C)(C1)CC(NCCCS(=O)(=O)O)(C3)C2.CCC(C)CNCCCS(=O)(=O)O.CCNCCCS(=O)(=O)O.COCC(C)NCCCS(=O)(=O)O.COc1ccc2[nH]cc(CCNCCCS(=O)(=O)O)c2c1.O=S(=O)(O)CCCNCC12CC3CC(CC(C3)C1)C2. The minimum absolute atomic E-state index is 0.0493. The highest BCUT2D eigenvalue weighted by atomic mass is 32.2. The number of H-pyrrole nitrogens is 1. The van der Waals surface area contributed by atoms with E-state index in [2.05, 4.69) is 82.1 Å². The van der Waals surface area contributed by atoms with E-state index in [0.717, 1.165) is 97.1 Å². The fourth-order valence-corrected chi connectivity index (χ4v) is 26.8. The lowest BCUT2D eigenvalue weighted by molar-refractivity contribution is -0.121. The first-order chi connectivity index (χ1) is 60.6. The smallest absolute Gasteiger partial charge is 0.264 e. The molecule has 1 amide bonds. The van der Waals surface area contributed by atoms with Gasteiger partial charge in [0.1, 0.15) is 5.75 Å². The predicted octanol–water partition coefficient (Wildman–Crippen LogP) is 8.74. The van der Waals surface area contributed by atoms with Crippen molar-refractivity contribution in [2.24, 2.45) is 80.7 Å². The second kappa shape index (κ2) is 55.8. The van der Waals surface area contributed by atoms with Crippen LogP contribution in [0.3, 0.4) is 0 Å². The van der Waals surface area contributed by atoms with Gasteiger partial charge in [0.2, 0.25) is 5.91 Å². The number of methoxy groups -OCH3 is 2. The van der Waals surface area contributed by atoms with Gasteiger partial charge in [-0.3, -0.25) is 41.2 Å². The Labute approximate surface area is 785 Å². The fourth-order valence-electron chi connectivity index (χ4n) is 22.7. The first kappa shape index (κ1) is 120. The van der Waals surface area contributed by atoms with Crippen LogP contribution < -0.4 is 53.0 Å². The Morgan fingerprint density at radius 2 is 0.855 bits per heavy atom. The number of aromatic nitrogens is 1. The number of amides is 1. The van der Waals surface area contributed by atoms with Crippen molar-refractivity contribution < 1.29 is 118 Å². The summed E-state index contributed by atoms with van der Waals surface area (Å²) in [7, 11) is -27.3. The number of carbonyl (C=O) groups excluding carboxylic acids is 1. The zero-order valence-corrected chi connectivity index (χ0v) is 86.1. The molecule has 2 aromatic rings. The van der Waals surface area contributed by atoms with Crippen molar-refractivity contribution in [2.75, 3.05) is 145 Å². The number of aromatic amines is 1. The average molecular weight is 2030 g/mol. The van der Waals surface area contributed by atoms with E-state index in [9.17, 15) is 72.1 Å². The van der Waals surface area contributed by atoms with Gasteiger partial charge in [0.15, 0.2) is 0 Å². The van der Waals surface area contributed by atoms with E-state index in [0.29, 0.717) is 138 Å². The Balaban J connectivity index is 0.000000317. The summed E-state index contributed by atoms with van der Waals surface area (Å²) in [6, 6.07) is 6.10. The molecular weight excluding hydrogens is 1860 g/mol. The van der Waals surface area contributed by atoms with E-state index in [1.54, 1.807) is 14.2 Å². The van der Waals surface area contributed by atoms with Gasteiger partial charge in [-0.15, -0.1) is 0 Å². The molecule has 12 aliphatic carbocycles. The Morgan fingerprint density at radius 1 is 0.466 bits per heavy atom. The minimum atomic E-state index is -3.92. The molecule has 14 rings (SSSR count). The quantitative estimate of drug-likeness (QED) is 0.0217. The van der Waals surface area contributed by atoms with Gasteiger partial charge in [0.25, 0.3) is 80.9 Å². The largest absolute Gasteiger partial charge is 0.497 e. The first-order valence-corrected chi connectivity index (χ1v) is 59.8. The van der Waals surface area contributed by atoms with Crippen LogP contribution in [0, 0.1) is 74.9 Å². The third-order valence-electron chi connectivity index (χ3n) is 26.8. The number of hydrogen-bond donors (Lipinski definition) is 18. The lowest BCUT2D eigenvalue weighted by Gasteiger charge is -2.65. The molecular formula is C86H166N10O27S8. The highest BCUT2D eigenvalue weighted by molar-refractivity contribution is 7.87. The van der Waals surface area contributed by atoms with Crippen LogP contribution in [0.5, 0.6) is 5.75 Å². The van der Waals surface area contributed by atoms with E-state index >= 15 is 0 Å². The first-order valence-electron chi connectivity index (χ1n) is 46.9. The maximum atomic E-state index is 10.9. The van der Waals surface area contributed by atoms with Gasteiger partial charge in [0, 0.05) is 48.4 Å². The molecule has 37 nitrogen and oxygen atoms in total. The Bertz CT molecular complexity index is 4580. The van der Waals surface area contributed by atoms with Crippen LogP contribution in [0.2, 0.25) is 0 Å². The monoisotopic (exact) mass is 2030 g/mol. The molecule has 0 saturated heterocycles. The van der Waals surface area contributed by atoms with Crippen molar-refractivity contribution in [3.63, 3.8) is 0 Å². The number of carbonyl (C=O) groups is 1. The Morgan fingerprint density at radius 3 is 1.24 bits per heavy atom. The summed E-state index contributed by atoms with van der Waals surface area (Å²) < 4.78 is 246. The number of ether oxygens (including phenoxy) is 2. The van der Waals surface area contributed by atoms with Gasteiger partial charge in [-0.25, -0.2) is 0 Å². The number of nitrogens with one attached hydrogen (secondary N) is 9. The molecule has 0 radical (unpaired) electrons. The molecule has 131 heavy (non-hydrogen) atoms. The van der Waals surface area contributed by atoms with Crippen molar-refractivity contribution in [3.8, 4) is 5.75 Å². The van der Waals surface area contributed by atoms with Gasteiger partial charge in [0.05, 0.1) is 65.8 Å². The molecule has 770 valence electrons. The van der Waals surface area contributed by atoms with Crippen LogP contribution >= 0.6 is 0 Å². The highest BCUT2D eigenvalue weighted by Gasteiger charge is 2.60. The second-order valence-electron chi connectivity index (χ2n) is 40.2. The maximum absolute atomic E-state index is 10.9. The van der Waals surface area contributed by atoms with E-state index in [4.69, 9.17) is 51.6 Å². The maximum Gasteiger partial charge on any atom is 0.264 e. The molecule has 12 bridgehead atoms. The number of rotatable bonds is 51. The van der Waals surface area contributed by atoms with Crippen LogP contribution in [-0.4, -0.2) is 284 Å². The van der Waals surface area contributed by atoms with Crippen molar-refractivity contribution in [1.82, 2.24) is 47.5 Å². The second-order valence-corrected chi connectivity index (χ2v) is 52.8. The molecule has 1 aromatic heterocycles. The molecule has 19 N–H and O–H groups in total. The number of primary amides is 1. The van der Waals surface area contributed by atoms with Crippen LogP contribution in [0.25, 0.3) is 10.9 Å². The average Bonchev–Trinajstić information content (AvgIpc) is 0.778. The van der Waals surface area contributed by atoms with E-state index in [-0.39, 0.29) is 69.9 Å². The van der Waals surface area contributed by atoms with Crippen molar-refractivity contribution in [2.45, 2.75) is 266 Å². The topological polar surface area (TPSA) is 609 Å². The predicted molar refractivity (Wildman–Crippen MR) is 515 cm³/mol. The molecule has 12 saturated carbocycles. The van der Waals surface area contributed by atoms with Gasteiger partial charge < -0.3 is 62.7 Å². The van der Waals surface area contributed by atoms with Crippen molar-refractivity contribution >= 4 is 97.8 Å². The molecule has 1 aromatic carbocycles. The van der Waals surface area contributed by atoms with E-state index in [1.807, 2.05) is 52.1 Å². The minimum Gasteiger partial charge on any atom is -0.497 e. The molecule has 12 fully saturated rings. The number of fused-ring (bicyclic) bond motifs is 1. The molecule has 5 unspecified atom stereocenters. The van der Waals surface area contributed by atoms with Crippen LogP contribution in [0.15, 0.2) is 24.4 Å². The standard InChI is InChI=1S/2C15H27NO3S.C14H20N2O4S.C14H25NO3S.C8H18N2O4S.C8H19NO3S.C7H17NO4S.C5H13NO3S/c1-13-6-12-7-14(2,9-13)11-15(8-12,10-13)16-4-3-5-20(17,18)19;1-11(16-3-2-4-20(17,18)19)15-8-12-5-13(9-15)7-14(6-12)10-15;1-20-12-3-4-14-13(9-12)11(10-16-14)5-7-15-6-2-8-21(17,18)19;16-19(17,18)3-1-2-15-10-14-7-11-4-12(8-14)6-13(5-11)9-14;1-6(2)7(8(9)11)10-4-3-5-15(12,13)14;1-3-8(2)7-9-5-4-6-13(10,11)12;1-7(6-12-2)8-4-3-5-13(9,10)11;1-2-6-4-3-5-10(7,8)9/h12,16H,3-11H2,1-2H3,(H,17,18,19);11-14,16H,2-10H2,1H3,(H,17,18,19);3-4,9-10,15-16H,2,5-8H2,1H3,(H,17,18,19);11-13,15H,1-10H2,(H,16,17,18);6-7,10H,3-5H2,1-2H3,(H2,9,11)(H,12,13,14);8-9H,3-7H2,1-2H3,(H,10,11,12);7-8H,3-6H2,1-2H3,(H,9,10,11);6H,2-5H2,1H3,(H,7,8,9)/t;;;;7-;;;/m....0.../s1. The summed E-state index contributed by atoms with van der Waals surface area (Å²) in [5, 5.41) is 26.9. The molecule has 1 heterocycles. The summed E-state index contributed by atoms with van der Waals surface area (Å²) in [6.45, 7) is 27.9. The van der Waals surface area contributed by atoms with Gasteiger partial charge in [-0.2, -0.15) is 67.3 Å². The molecule has 0 aliphatic heterocycles. The molecule has 45 heteroatoms.